The maximum atomic E-state index is 12.9. The Bertz CT molecular complexity index is 1410. The summed E-state index contributed by atoms with van der Waals surface area (Å²) < 4.78 is 33.9. The second-order valence-corrected chi connectivity index (χ2v) is 11.5. The molecule has 0 N–H and O–H groups in total. The van der Waals surface area contributed by atoms with Crippen molar-refractivity contribution in [1.29, 1.82) is 0 Å². The number of ether oxygens (including phenoxy) is 1. The van der Waals surface area contributed by atoms with Gasteiger partial charge in [-0.15, -0.1) is 0 Å². The summed E-state index contributed by atoms with van der Waals surface area (Å²) in [6.07, 6.45) is 1.63. The summed E-state index contributed by atoms with van der Waals surface area (Å²) in [6, 6.07) is 8.82. The molecule has 0 saturated heterocycles. The summed E-state index contributed by atoms with van der Waals surface area (Å²) in [6.45, 7) is 4.10. The maximum Gasteiger partial charge on any atom is 0.326 e. The number of unbranched alkanes of at least 4 members (excludes halogenated alkanes) is 1. The van der Waals surface area contributed by atoms with E-state index in [1.807, 2.05) is 6.92 Å². The fraction of sp³-hybridized carbons (Fsp3) is 0.348. The van der Waals surface area contributed by atoms with Gasteiger partial charge in [-0.2, -0.15) is 4.99 Å². The quantitative estimate of drug-likeness (QED) is 0.354. The van der Waals surface area contributed by atoms with Crippen LogP contribution in [0.25, 0.3) is 10.2 Å². The van der Waals surface area contributed by atoms with Gasteiger partial charge in [-0.1, -0.05) is 47.9 Å². The van der Waals surface area contributed by atoms with Crippen LogP contribution in [0.15, 0.2) is 46.3 Å². The van der Waals surface area contributed by atoms with E-state index in [2.05, 4.69) is 4.99 Å². The van der Waals surface area contributed by atoms with Gasteiger partial charge >= 0.3 is 5.97 Å². The predicted octanol–water partition coefficient (Wildman–Crippen LogP) is 4.73. The maximum absolute atomic E-state index is 12.9. The van der Waals surface area contributed by atoms with Crippen LogP contribution < -0.4 is 4.80 Å². The molecule has 2 aromatic carbocycles. The van der Waals surface area contributed by atoms with Gasteiger partial charge in [0, 0.05) is 24.2 Å². The molecular formula is C23H25Cl2N3O5S2. The normalized spacial score (nSPS) is 12.5. The number of rotatable bonds is 9. The number of nitrogens with zero attached hydrogens (tertiary/aromatic N) is 3. The van der Waals surface area contributed by atoms with Crippen molar-refractivity contribution in [2.45, 2.75) is 38.1 Å². The third-order valence-electron chi connectivity index (χ3n) is 5.12. The first-order valence-electron chi connectivity index (χ1n) is 10.9. The topological polar surface area (TPSA) is 98.0 Å². The number of fused-ring (bicyclic) bond motifs is 1. The number of hydrogen-bond donors (Lipinski definition) is 0. The zero-order valence-electron chi connectivity index (χ0n) is 19.5. The first-order valence-corrected chi connectivity index (χ1v) is 13.9. The molecule has 0 spiro atoms. The molecule has 0 unspecified atom stereocenters. The summed E-state index contributed by atoms with van der Waals surface area (Å²) in [5.41, 5.74) is 0.710. The van der Waals surface area contributed by atoms with Gasteiger partial charge in [-0.25, -0.2) is 12.7 Å². The summed E-state index contributed by atoms with van der Waals surface area (Å²) in [5.74, 6) is -1.10. The lowest BCUT2D eigenvalue weighted by Gasteiger charge is -2.16. The largest absolute Gasteiger partial charge is 0.465 e. The predicted molar refractivity (Wildman–Crippen MR) is 138 cm³/mol. The molecule has 0 aliphatic rings. The van der Waals surface area contributed by atoms with Gasteiger partial charge in [-0.05, 0) is 49.7 Å². The Morgan fingerprint density at radius 2 is 1.83 bits per heavy atom. The molecule has 8 nitrogen and oxygen atoms in total. The van der Waals surface area contributed by atoms with Crippen molar-refractivity contribution in [3.63, 3.8) is 0 Å². The Morgan fingerprint density at radius 1 is 1.14 bits per heavy atom. The summed E-state index contributed by atoms with van der Waals surface area (Å²) in [4.78, 5) is 29.6. The standard InChI is InChI=1S/C23H25Cl2N3O5S2/c1-4-6-11-27(3)35(31,32)17-9-7-15(8-10-17)22(30)26-23-28(14-20(29)33-5-2)21-18(25)12-16(24)13-19(21)34-23/h7-10,12-13H,4-6,11,14H2,1-3H3. The minimum absolute atomic E-state index is 0.0910. The number of hydrogen-bond acceptors (Lipinski definition) is 6. The van der Waals surface area contributed by atoms with Crippen LogP contribution in [-0.2, 0) is 26.1 Å². The van der Waals surface area contributed by atoms with Gasteiger partial charge in [0.25, 0.3) is 5.91 Å². The van der Waals surface area contributed by atoms with E-state index in [-0.39, 0.29) is 28.4 Å². The van der Waals surface area contributed by atoms with Crippen LogP contribution in [-0.4, -0.2) is 49.4 Å². The molecule has 12 heteroatoms. The van der Waals surface area contributed by atoms with Crippen molar-refractivity contribution in [3.05, 3.63) is 56.8 Å². The first kappa shape index (κ1) is 27.3. The van der Waals surface area contributed by atoms with E-state index in [1.54, 1.807) is 19.1 Å². The number of esters is 1. The monoisotopic (exact) mass is 557 g/mol. The lowest BCUT2D eigenvalue weighted by atomic mass is 10.2. The van der Waals surface area contributed by atoms with Crippen molar-refractivity contribution < 1.29 is 22.7 Å². The van der Waals surface area contributed by atoms with E-state index in [4.69, 9.17) is 27.9 Å². The number of carbonyl (C=O) groups is 2. The molecule has 3 rings (SSSR count). The lowest BCUT2D eigenvalue weighted by molar-refractivity contribution is -0.143. The molecule has 0 radical (unpaired) electrons. The van der Waals surface area contributed by atoms with Gasteiger partial charge < -0.3 is 9.30 Å². The number of carbonyl (C=O) groups excluding carboxylic acids is 2. The first-order chi connectivity index (χ1) is 16.6. The number of aromatic nitrogens is 1. The lowest BCUT2D eigenvalue weighted by Crippen LogP contribution is -2.27. The summed E-state index contributed by atoms with van der Waals surface area (Å²) >= 11 is 13.6. The van der Waals surface area contributed by atoms with Gasteiger partial charge in [0.2, 0.25) is 10.0 Å². The van der Waals surface area contributed by atoms with Crippen LogP contribution in [0.2, 0.25) is 10.0 Å². The van der Waals surface area contributed by atoms with E-state index < -0.39 is 21.9 Å². The molecule has 0 saturated carbocycles. The molecular weight excluding hydrogens is 533 g/mol. The SMILES string of the molecule is CCCCN(C)S(=O)(=O)c1ccc(C(=O)N=c2sc3cc(Cl)cc(Cl)c3n2CC(=O)OCC)cc1. The Morgan fingerprint density at radius 3 is 2.46 bits per heavy atom. The van der Waals surface area contributed by atoms with E-state index in [1.165, 1.54) is 40.2 Å². The average molecular weight is 559 g/mol. The minimum atomic E-state index is -3.65. The zero-order valence-corrected chi connectivity index (χ0v) is 22.6. The van der Waals surface area contributed by atoms with Crippen molar-refractivity contribution >= 4 is 66.7 Å². The Balaban J connectivity index is 1.99. The average Bonchev–Trinajstić information content (AvgIpc) is 3.13. The molecule has 3 aromatic rings. The highest BCUT2D eigenvalue weighted by molar-refractivity contribution is 7.89. The Kier molecular flexibility index (Phi) is 9.11. The second-order valence-electron chi connectivity index (χ2n) is 7.63. The van der Waals surface area contributed by atoms with E-state index in [9.17, 15) is 18.0 Å². The molecule has 1 aromatic heterocycles. The highest BCUT2D eigenvalue weighted by Crippen LogP contribution is 2.30. The van der Waals surface area contributed by atoms with Crippen LogP contribution in [0.5, 0.6) is 0 Å². The van der Waals surface area contributed by atoms with E-state index in [0.717, 1.165) is 24.2 Å². The van der Waals surface area contributed by atoms with Gasteiger partial charge in [0.15, 0.2) is 4.80 Å². The van der Waals surface area contributed by atoms with Crippen LogP contribution in [0.4, 0.5) is 0 Å². The molecule has 0 aliphatic heterocycles. The molecule has 1 amide bonds. The third-order valence-corrected chi connectivity index (χ3v) is 8.52. The number of sulfonamides is 1. The number of benzene rings is 2. The minimum Gasteiger partial charge on any atom is -0.465 e. The highest BCUT2D eigenvalue weighted by atomic mass is 35.5. The second kappa shape index (κ2) is 11.7. The van der Waals surface area contributed by atoms with Crippen LogP contribution in [0.1, 0.15) is 37.0 Å². The molecule has 0 atom stereocenters. The van der Waals surface area contributed by atoms with Crippen LogP contribution >= 0.6 is 34.5 Å². The molecule has 0 bridgehead atoms. The van der Waals surface area contributed by atoms with E-state index in [0.29, 0.717) is 26.8 Å². The highest BCUT2D eigenvalue weighted by Gasteiger charge is 2.21. The van der Waals surface area contributed by atoms with E-state index >= 15 is 0 Å². The van der Waals surface area contributed by atoms with Gasteiger partial charge in [0.1, 0.15) is 6.54 Å². The van der Waals surface area contributed by atoms with Crippen molar-refractivity contribution in [3.8, 4) is 0 Å². The fourth-order valence-electron chi connectivity index (χ4n) is 3.30. The van der Waals surface area contributed by atoms with Crippen molar-refractivity contribution in [2.75, 3.05) is 20.2 Å². The molecule has 0 aliphatic carbocycles. The Labute approximate surface area is 217 Å². The van der Waals surface area contributed by atoms with Crippen LogP contribution in [0, 0.1) is 0 Å². The van der Waals surface area contributed by atoms with Gasteiger partial charge in [-0.3, -0.25) is 9.59 Å². The zero-order chi connectivity index (χ0) is 25.8. The van der Waals surface area contributed by atoms with Gasteiger partial charge in [0.05, 0.1) is 26.7 Å². The number of halogens is 2. The number of thiazole rings is 1. The fourth-order valence-corrected chi connectivity index (χ4v) is 6.32. The molecule has 188 valence electrons. The molecule has 0 fully saturated rings. The Hall–Kier alpha value is -2.24. The molecule has 1 heterocycles. The molecule has 35 heavy (non-hydrogen) atoms. The van der Waals surface area contributed by atoms with Crippen molar-refractivity contribution in [1.82, 2.24) is 8.87 Å². The van der Waals surface area contributed by atoms with Crippen LogP contribution in [0.3, 0.4) is 0 Å². The summed E-state index contributed by atoms with van der Waals surface area (Å²) in [5, 5.41) is 0.717. The third kappa shape index (κ3) is 6.31. The summed E-state index contributed by atoms with van der Waals surface area (Å²) in [7, 11) is -2.13. The number of amides is 1. The van der Waals surface area contributed by atoms with Crippen molar-refractivity contribution in [2.24, 2.45) is 4.99 Å². The smallest absolute Gasteiger partial charge is 0.326 e.